The van der Waals surface area contributed by atoms with Crippen molar-refractivity contribution in [2.75, 3.05) is 25.0 Å². The Bertz CT molecular complexity index is 1130. The lowest BCUT2D eigenvalue weighted by atomic mass is 10.1. The first kappa shape index (κ1) is 24.4. The maximum Gasteiger partial charge on any atom is 0.243 e. The van der Waals surface area contributed by atoms with Gasteiger partial charge in [0.1, 0.15) is 0 Å². The van der Waals surface area contributed by atoms with E-state index in [1.165, 1.54) is 0 Å². The Morgan fingerprint density at radius 3 is 2.38 bits per heavy atom. The van der Waals surface area contributed by atoms with Crippen LogP contribution in [0.25, 0.3) is 0 Å². The number of nitrogens with zero attached hydrogens (tertiary/aromatic N) is 2. The number of anilines is 1. The van der Waals surface area contributed by atoms with Gasteiger partial charge in [0.25, 0.3) is 0 Å². The number of carbonyl (C=O) groups is 2. The van der Waals surface area contributed by atoms with Gasteiger partial charge in [0.05, 0.1) is 17.4 Å². The van der Waals surface area contributed by atoms with Crippen molar-refractivity contribution in [1.29, 1.82) is 0 Å². The van der Waals surface area contributed by atoms with Crippen molar-refractivity contribution in [3.8, 4) is 0 Å². The molecule has 3 N–H and O–H groups in total. The molecule has 2 aromatic carbocycles. The van der Waals surface area contributed by atoms with Gasteiger partial charge in [-0.1, -0.05) is 30.7 Å². The van der Waals surface area contributed by atoms with Gasteiger partial charge in [-0.3, -0.25) is 14.5 Å². The van der Waals surface area contributed by atoms with Crippen LogP contribution in [0.3, 0.4) is 0 Å². The number of primary amides is 1. The van der Waals surface area contributed by atoms with Crippen molar-refractivity contribution < 1.29 is 18.0 Å². The zero-order valence-electron chi connectivity index (χ0n) is 19.3. The van der Waals surface area contributed by atoms with Crippen molar-refractivity contribution in [1.82, 2.24) is 9.21 Å². The van der Waals surface area contributed by atoms with E-state index in [4.69, 9.17) is 5.73 Å². The van der Waals surface area contributed by atoms with Gasteiger partial charge in [-0.25, -0.2) is 8.42 Å². The molecule has 34 heavy (non-hydrogen) atoms. The van der Waals surface area contributed by atoms with E-state index in [0.29, 0.717) is 25.3 Å². The number of sulfonamides is 1. The molecule has 2 aromatic rings. The molecule has 182 valence electrons. The van der Waals surface area contributed by atoms with E-state index in [2.05, 4.69) is 10.2 Å². The van der Waals surface area contributed by atoms with Crippen molar-refractivity contribution in [3.63, 3.8) is 0 Å². The fourth-order valence-corrected chi connectivity index (χ4v) is 6.26. The lowest BCUT2D eigenvalue weighted by Crippen LogP contribution is -2.39. The predicted octanol–water partition coefficient (Wildman–Crippen LogP) is 2.49. The van der Waals surface area contributed by atoms with Gasteiger partial charge in [0.15, 0.2) is 0 Å². The molecule has 0 bridgehead atoms. The van der Waals surface area contributed by atoms with Gasteiger partial charge >= 0.3 is 0 Å². The lowest BCUT2D eigenvalue weighted by molar-refractivity contribution is -0.122. The van der Waals surface area contributed by atoms with Crippen LogP contribution in [0, 0.1) is 0 Å². The molecule has 0 aromatic heterocycles. The minimum absolute atomic E-state index is 0.143. The number of hydrogen-bond donors (Lipinski definition) is 2. The average molecular weight is 485 g/mol. The van der Waals surface area contributed by atoms with E-state index in [0.717, 1.165) is 49.8 Å². The fourth-order valence-electron chi connectivity index (χ4n) is 4.74. The van der Waals surface area contributed by atoms with E-state index in [-0.39, 0.29) is 29.2 Å². The van der Waals surface area contributed by atoms with Gasteiger partial charge in [0.2, 0.25) is 21.8 Å². The molecule has 2 aliphatic rings. The van der Waals surface area contributed by atoms with E-state index in [1.54, 1.807) is 28.6 Å². The number of nitrogens with two attached hydrogens (primary N) is 1. The Morgan fingerprint density at radius 1 is 0.941 bits per heavy atom. The number of hydrogen-bond acceptors (Lipinski definition) is 5. The van der Waals surface area contributed by atoms with Gasteiger partial charge in [-0.15, -0.1) is 0 Å². The normalized spacial score (nSPS) is 19.7. The summed E-state index contributed by atoms with van der Waals surface area (Å²) in [6.45, 7) is 2.55. The van der Waals surface area contributed by atoms with E-state index in [1.807, 2.05) is 24.3 Å². The van der Waals surface area contributed by atoms with E-state index < -0.39 is 10.0 Å². The number of rotatable bonds is 8. The molecule has 4 rings (SSSR count). The summed E-state index contributed by atoms with van der Waals surface area (Å²) in [4.78, 5) is 26.6. The summed E-state index contributed by atoms with van der Waals surface area (Å²) >= 11 is 0. The number of piperidine rings is 1. The largest absolute Gasteiger partial charge is 0.368 e. The van der Waals surface area contributed by atoms with Gasteiger partial charge in [0, 0.05) is 25.3 Å². The first-order chi connectivity index (χ1) is 16.3. The Morgan fingerprint density at radius 2 is 1.68 bits per heavy atom. The minimum Gasteiger partial charge on any atom is -0.368 e. The second-order valence-electron chi connectivity index (χ2n) is 9.06. The Kier molecular flexibility index (Phi) is 7.65. The molecule has 0 aliphatic carbocycles. The van der Waals surface area contributed by atoms with Crippen molar-refractivity contribution in [2.45, 2.75) is 56.0 Å². The highest BCUT2D eigenvalue weighted by Gasteiger charge is 2.29. The number of likely N-dealkylation sites (tertiary alicyclic amines) is 1. The molecule has 0 radical (unpaired) electrons. The maximum absolute atomic E-state index is 12.8. The molecule has 2 saturated heterocycles. The number of benzene rings is 2. The molecule has 8 nitrogen and oxygen atoms in total. The first-order valence-corrected chi connectivity index (χ1v) is 13.3. The van der Waals surface area contributed by atoms with Crippen molar-refractivity contribution in [3.05, 3.63) is 59.7 Å². The van der Waals surface area contributed by atoms with Crippen LogP contribution >= 0.6 is 0 Å². The Hall–Kier alpha value is -2.75. The number of carbonyl (C=O) groups excluding carboxylic acids is 2. The smallest absolute Gasteiger partial charge is 0.243 e. The van der Waals surface area contributed by atoms with Gasteiger partial charge < -0.3 is 11.1 Å². The second-order valence-corrected chi connectivity index (χ2v) is 11.0. The molecule has 0 spiro atoms. The monoisotopic (exact) mass is 484 g/mol. The molecule has 9 heteroatoms. The minimum atomic E-state index is -3.48. The van der Waals surface area contributed by atoms with Crippen LogP contribution in [0.15, 0.2) is 53.4 Å². The third-order valence-corrected chi connectivity index (χ3v) is 8.44. The quantitative estimate of drug-likeness (QED) is 0.598. The van der Waals surface area contributed by atoms with Gasteiger partial charge in [-0.05, 0) is 67.6 Å². The van der Waals surface area contributed by atoms with E-state index in [9.17, 15) is 18.0 Å². The summed E-state index contributed by atoms with van der Waals surface area (Å²) in [6.07, 6.45) is 4.72. The highest BCUT2D eigenvalue weighted by Crippen LogP contribution is 2.23. The molecule has 2 amide bonds. The third kappa shape index (κ3) is 5.84. The number of amides is 2. The maximum atomic E-state index is 12.8. The van der Waals surface area contributed by atoms with Crippen LogP contribution < -0.4 is 11.1 Å². The topological polar surface area (TPSA) is 113 Å². The Balaban J connectivity index is 1.35. The molecule has 2 heterocycles. The standard InChI is InChI=1S/C25H32N4O4S/c26-25(31)23-8-5-13-28(23)18-20-6-4-7-21(16-20)27-24(30)17-19-9-11-22(12-10-19)34(32,33)29-14-2-1-3-15-29/h4,6-7,9-12,16,23H,1-3,5,8,13-15,17-18H2,(H2,26,31)(H,27,30). The molecular formula is C25H32N4O4S. The highest BCUT2D eigenvalue weighted by atomic mass is 32.2. The predicted molar refractivity (Wildman–Crippen MR) is 130 cm³/mol. The van der Waals surface area contributed by atoms with Crippen LogP contribution in [0.5, 0.6) is 0 Å². The van der Waals surface area contributed by atoms with Crippen LogP contribution in [0.4, 0.5) is 5.69 Å². The molecule has 1 atom stereocenters. The van der Waals surface area contributed by atoms with Crippen molar-refractivity contribution >= 4 is 27.5 Å². The van der Waals surface area contributed by atoms with Crippen LogP contribution in [-0.2, 0) is 32.6 Å². The summed E-state index contributed by atoms with van der Waals surface area (Å²) in [5.41, 5.74) is 7.93. The third-order valence-electron chi connectivity index (χ3n) is 6.53. The van der Waals surface area contributed by atoms with E-state index >= 15 is 0 Å². The van der Waals surface area contributed by atoms with Gasteiger partial charge in [-0.2, -0.15) is 4.31 Å². The Labute approximate surface area is 201 Å². The average Bonchev–Trinajstić information content (AvgIpc) is 3.28. The lowest BCUT2D eigenvalue weighted by Gasteiger charge is -2.25. The first-order valence-electron chi connectivity index (χ1n) is 11.8. The molecular weight excluding hydrogens is 452 g/mol. The highest BCUT2D eigenvalue weighted by molar-refractivity contribution is 7.89. The molecule has 0 saturated carbocycles. The summed E-state index contributed by atoms with van der Waals surface area (Å²) in [5, 5.41) is 2.91. The summed E-state index contributed by atoms with van der Waals surface area (Å²) in [6, 6.07) is 13.9. The molecule has 2 aliphatic heterocycles. The van der Waals surface area contributed by atoms with Crippen LogP contribution in [0.2, 0.25) is 0 Å². The zero-order valence-corrected chi connectivity index (χ0v) is 20.1. The number of nitrogens with one attached hydrogen (secondary N) is 1. The molecule has 2 fully saturated rings. The summed E-state index contributed by atoms with van der Waals surface area (Å²) < 4.78 is 27.1. The fraction of sp³-hybridized carbons (Fsp3) is 0.440. The van der Waals surface area contributed by atoms with Crippen LogP contribution in [-0.4, -0.2) is 55.1 Å². The summed E-state index contributed by atoms with van der Waals surface area (Å²) in [7, 11) is -3.48. The summed E-state index contributed by atoms with van der Waals surface area (Å²) in [5.74, 6) is -0.475. The molecule has 1 unspecified atom stereocenters. The van der Waals surface area contributed by atoms with Crippen LogP contribution in [0.1, 0.15) is 43.2 Å². The van der Waals surface area contributed by atoms with Crippen molar-refractivity contribution in [2.24, 2.45) is 5.73 Å². The zero-order chi connectivity index (χ0) is 24.1. The second kappa shape index (κ2) is 10.7. The SMILES string of the molecule is NC(=O)C1CCCN1Cc1cccc(NC(=O)Cc2ccc(S(=O)(=O)N3CCCCC3)cc2)c1.